The molecule has 8 heteroatoms. The molecule has 2 atom stereocenters. The lowest BCUT2D eigenvalue weighted by Crippen LogP contribution is -2.46. The third-order valence-electron chi connectivity index (χ3n) is 5.54. The molecule has 0 unspecified atom stereocenters. The van der Waals surface area contributed by atoms with E-state index in [9.17, 15) is 14.7 Å². The largest absolute Gasteiger partial charge is 0.486 e. The second-order valence-electron chi connectivity index (χ2n) is 7.18. The smallest absolute Gasteiger partial charge is 0.314 e. The van der Waals surface area contributed by atoms with E-state index in [1.54, 1.807) is 16.7 Å². The van der Waals surface area contributed by atoms with Gasteiger partial charge in [-0.1, -0.05) is 0 Å². The highest BCUT2D eigenvalue weighted by molar-refractivity contribution is 7.99. The molecule has 3 aliphatic heterocycles. The summed E-state index contributed by atoms with van der Waals surface area (Å²) in [6.45, 7) is 2.65. The van der Waals surface area contributed by atoms with Crippen molar-refractivity contribution in [3.63, 3.8) is 0 Å². The van der Waals surface area contributed by atoms with Crippen molar-refractivity contribution in [3.05, 3.63) is 18.2 Å². The van der Waals surface area contributed by atoms with Crippen molar-refractivity contribution in [3.8, 4) is 11.5 Å². The van der Waals surface area contributed by atoms with Gasteiger partial charge in [-0.3, -0.25) is 9.59 Å². The number of benzene rings is 1. The first kappa shape index (κ1) is 18.4. The van der Waals surface area contributed by atoms with Gasteiger partial charge in [-0.05, 0) is 30.5 Å². The molecule has 3 aliphatic rings. The first-order valence-corrected chi connectivity index (χ1v) is 10.2. The van der Waals surface area contributed by atoms with Crippen LogP contribution in [0.4, 0.5) is 0 Å². The van der Waals surface area contributed by atoms with Crippen molar-refractivity contribution in [1.82, 2.24) is 4.90 Å². The second-order valence-corrected chi connectivity index (χ2v) is 8.35. The highest BCUT2D eigenvalue weighted by atomic mass is 32.2. The fourth-order valence-electron chi connectivity index (χ4n) is 4.01. The summed E-state index contributed by atoms with van der Waals surface area (Å²) < 4.78 is 16.5. The monoisotopic (exact) mass is 393 g/mol. The van der Waals surface area contributed by atoms with Crippen molar-refractivity contribution >= 4 is 23.6 Å². The van der Waals surface area contributed by atoms with Gasteiger partial charge in [0, 0.05) is 36.8 Å². The SMILES string of the molecule is O=C(CCSc1ccc2c(c1)OCCO2)N1C[C@@H]2CCOC[C@]2(C(=O)O)C1. The summed E-state index contributed by atoms with van der Waals surface area (Å²) >= 11 is 1.59. The molecule has 0 bridgehead atoms. The lowest BCUT2D eigenvalue weighted by atomic mass is 9.76. The maximum Gasteiger partial charge on any atom is 0.314 e. The number of carboxylic acid groups (broad SMARTS) is 1. The number of hydrogen-bond acceptors (Lipinski definition) is 6. The second kappa shape index (κ2) is 7.59. The molecule has 3 heterocycles. The topological polar surface area (TPSA) is 85.3 Å². The molecule has 0 spiro atoms. The number of nitrogens with zero attached hydrogens (tertiary/aromatic N) is 1. The molecule has 0 aliphatic carbocycles. The maximum atomic E-state index is 12.6. The molecule has 2 fully saturated rings. The zero-order valence-corrected chi connectivity index (χ0v) is 15.8. The third kappa shape index (κ3) is 3.60. The number of carbonyl (C=O) groups is 2. The van der Waals surface area contributed by atoms with Crippen molar-refractivity contribution in [2.75, 3.05) is 45.3 Å². The Morgan fingerprint density at radius 1 is 1.22 bits per heavy atom. The first-order chi connectivity index (χ1) is 13.1. The van der Waals surface area contributed by atoms with Gasteiger partial charge in [-0.25, -0.2) is 0 Å². The van der Waals surface area contributed by atoms with Crippen LogP contribution in [0.25, 0.3) is 0 Å². The van der Waals surface area contributed by atoms with Gasteiger partial charge in [0.15, 0.2) is 11.5 Å². The Morgan fingerprint density at radius 2 is 2.04 bits per heavy atom. The summed E-state index contributed by atoms with van der Waals surface area (Å²) in [5, 5.41) is 9.68. The molecule has 1 amide bonds. The predicted octanol–water partition coefficient (Wildman–Crippen LogP) is 1.89. The molecule has 146 valence electrons. The highest BCUT2D eigenvalue weighted by Gasteiger charge is 2.55. The average molecular weight is 393 g/mol. The average Bonchev–Trinajstić information content (AvgIpc) is 3.09. The van der Waals surface area contributed by atoms with Crippen molar-refractivity contribution < 1.29 is 28.9 Å². The molecule has 1 aromatic carbocycles. The van der Waals surface area contributed by atoms with Gasteiger partial charge in [0.25, 0.3) is 0 Å². The molecule has 0 radical (unpaired) electrons. The molecule has 2 saturated heterocycles. The number of rotatable bonds is 5. The Morgan fingerprint density at radius 3 is 2.81 bits per heavy atom. The van der Waals surface area contributed by atoms with E-state index >= 15 is 0 Å². The van der Waals surface area contributed by atoms with Crippen LogP contribution >= 0.6 is 11.8 Å². The van der Waals surface area contributed by atoms with Crippen LogP contribution in [0.3, 0.4) is 0 Å². The van der Waals surface area contributed by atoms with Crippen molar-refractivity contribution in [2.24, 2.45) is 11.3 Å². The van der Waals surface area contributed by atoms with E-state index in [1.807, 2.05) is 18.2 Å². The molecule has 27 heavy (non-hydrogen) atoms. The van der Waals surface area contributed by atoms with Gasteiger partial charge >= 0.3 is 5.97 Å². The van der Waals surface area contributed by atoms with Crippen molar-refractivity contribution in [2.45, 2.75) is 17.7 Å². The summed E-state index contributed by atoms with van der Waals surface area (Å²) in [5.41, 5.74) is -0.934. The van der Waals surface area contributed by atoms with E-state index in [-0.39, 0.29) is 25.0 Å². The van der Waals surface area contributed by atoms with E-state index in [4.69, 9.17) is 14.2 Å². The number of thioether (sulfide) groups is 1. The number of carbonyl (C=O) groups excluding carboxylic acids is 1. The van der Waals surface area contributed by atoms with Crippen molar-refractivity contribution in [1.29, 1.82) is 0 Å². The van der Waals surface area contributed by atoms with E-state index < -0.39 is 11.4 Å². The van der Waals surface area contributed by atoms with E-state index in [0.717, 1.165) is 16.4 Å². The van der Waals surface area contributed by atoms with Crippen LogP contribution in [-0.4, -0.2) is 67.2 Å². The molecule has 1 N–H and O–H groups in total. The number of amides is 1. The molecule has 0 aromatic heterocycles. The molecular formula is C19H23NO6S. The summed E-state index contributed by atoms with van der Waals surface area (Å²) in [7, 11) is 0. The van der Waals surface area contributed by atoms with Gasteiger partial charge in [-0.2, -0.15) is 0 Å². The number of fused-ring (bicyclic) bond motifs is 2. The maximum absolute atomic E-state index is 12.6. The van der Waals surface area contributed by atoms with E-state index in [0.29, 0.717) is 45.0 Å². The van der Waals surface area contributed by atoms with Crippen LogP contribution < -0.4 is 9.47 Å². The van der Waals surface area contributed by atoms with Crippen LogP contribution in [0.5, 0.6) is 11.5 Å². The summed E-state index contributed by atoms with van der Waals surface area (Å²) in [5.74, 6) is 1.27. The fourth-order valence-corrected chi connectivity index (χ4v) is 4.87. The number of ether oxygens (including phenoxy) is 3. The quantitative estimate of drug-likeness (QED) is 0.765. The molecule has 7 nitrogen and oxygen atoms in total. The van der Waals surface area contributed by atoms with E-state index in [1.165, 1.54) is 0 Å². The zero-order chi connectivity index (χ0) is 18.9. The zero-order valence-electron chi connectivity index (χ0n) is 15.0. The standard InChI is InChI=1S/C19H23NO6S/c21-17(20-10-13-3-5-24-12-19(13,11-20)18(22)23)4-8-27-14-1-2-15-16(9-14)26-7-6-25-15/h1-2,9,13H,3-8,10-12H2,(H,22,23)/t13-,19+/m0/s1. The van der Waals surface area contributed by atoms with E-state index in [2.05, 4.69) is 0 Å². The molecule has 0 saturated carbocycles. The van der Waals surface area contributed by atoms with Crippen LogP contribution in [0.15, 0.2) is 23.1 Å². The molecule has 4 rings (SSSR count). The van der Waals surface area contributed by atoms with Crippen LogP contribution in [0.1, 0.15) is 12.8 Å². The lowest BCUT2D eigenvalue weighted by Gasteiger charge is -2.33. The first-order valence-electron chi connectivity index (χ1n) is 9.20. The van der Waals surface area contributed by atoms with Crippen LogP contribution in [-0.2, 0) is 14.3 Å². The number of aliphatic carboxylic acids is 1. The Labute approximate surface area is 161 Å². The van der Waals surface area contributed by atoms with Gasteiger partial charge in [-0.15, -0.1) is 11.8 Å². The van der Waals surface area contributed by atoms with Gasteiger partial charge < -0.3 is 24.2 Å². The van der Waals surface area contributed by atoms with Gasteiger partial charge in [0.1, 0.15) is 18.6 Å². The Bertz CT molecular complexity index is 741. The predicted molar refractivity (Wildman–Crippen MR) is 98.3 cm³/mol. The normalized spacial score (nSPS) is 26.5. The fraction of sp³-hybridized carbons (Fsp3) is 0.579. The minimum absolute atomic E-state index is 0.00932. The highest BCUT2D eigenvalue weighted by Crippen LogP contribution is 2.42. The Hall–Kier alpha value is -1.93. The number of hydrogen-bond donors (Lipinski definition) is 1. The molecular weight excluding hydrogens is 370 g/mol. The Kier molecular flexibility index (Phi) is 5.19. The van der Waals surface area contributed by atoms with Gasteiger partial charge in [0.2, 0.25) is 5.91 Å². The van der Waals surface area contributed by atoms with Crippen LogP contribution in [0.2, 0.25) is 0 Å². The minimum Gasteiger partial charge on any atom is -0.486 e. The Balaban J connectivity index is 1.32. The number of likely N-dealkylation sites (tertiary alicyclic amines) is 1. The summed E-state index contributed by atoms with van der Waals surface area (Å²) in [6, 6.07) is 5.79. The van der Waals surface area contributed by atoms with Crippen LogP contribution in [0, 0.1) is 11.3 Å². The van der Waals surface area contributed by atoms with Gasteiger partial charge in [0.05, 0.1) is 6.61 Å². The summed E-state index contributed by atoms with van der Waals surface area (Å²) in [4.78, 5) is 27.1. The molecule has 1 aromatic rings. The lowest BCUT2D eigenvalue weighted by molar-refractivity contribution is -0.159. The third-order valence-corrected chi connectivity index (χ3v) is 6.54. The summed E-state index contributed by atoms with van der Waals surface area (Å²) in [6.07, 6.45) is 1.07. The minimum atomic E-state index is -0.934. The number of carboxylic acids is 1.